The van der Waals surface area contributed by atoms with Gasteiger partial charge in [-0.2, -0.15) is 0 Å². The maximum absolute atomic E-state index is 2.68. The van der Waals surface area contributed by atoms with Gasteiger partial charge in [0.05, 0.1) is 0 Å². The number of allylic oxidation sites excluding steroid dienone is 2. The molecular weight excluding hydrogens is 725 g/mol. The van der Waals surface area contributed by atoms with Gasteiger partial charge in [-0.05, 0) is 140 Å². The van der Waals surface area contributed by atoms with E-state index in [-0.39, 0.29) is 0 Å². The van der Waals surface area contributed by atoms with Crippen molar-refractivity contribution in [3.8, 4) is 22.3 Å². The third-order valence-corrected chi connectivity index (χ3v) is 15.0. The highest BCUT2D eigenvalue weighted by Gasteiger charge is 2.32. The zero-order valence-electron chi connectivity index (χ0n) is 39.4. The minimum absolute atomic E-state index is 0.512. The summed E-state index contributed by atoms with van der Waals surface area (Å²) in [5.41, 5.74) is 24.6. The molecule has 0 heterocycles. The van der Waals surface area contributed by atoms with Gasteiger partial charge in [0, 0.05) is 21.4 Å². The van der Waals surface area contributed by atoms with Gasteiger partial charge in [0.1, 0.15) is 0 Å². The van der Waals surface area contributed by atoms with Gasteiger partial charge in [-0.1, -0.05) is 205 Å². The van der Waals surface area contributed by atoms with Crippen LogP contribution in [-0.4, -0.2) is 9.52 Å². The first kappa shape index (κ1) is 45.1. The monoisotopic (exact) mass is 803 g/mol. The minimum Gasteiger partial charge on any atom is -0.0654 e. The number of hydrogen-bond donors (Lipinski definition) is 0. The van der Waals surface area contributed by atoms with E-state index in [1.165, 1.54) is 119 Å². The van der Waals surface area contributed by atoms with Crippen molar-refractivity contribution in [2.24, 2.45) is 0 Å². The molecule has 0 bridgehead atoms. The Morgan fingerprint density at radius 1 is 0.441 bits per heavy atom. The van der Waals surface area contributed by atoms with Crippen LogP contribution in [0.15, 0.2) is 71.8 Å². The van der Waals surface area contributed by atoms with Crippen molar-refractivity contribution in [2.45, 2.75) is 195 Å². The van der Waals surface area contributed by atoms with Gasteiger partial charge in [-0.15, -0.1) is 0 Å². The Morgan fingerprint density at radius 2 is 0.797 bits per heavy atom. The molecule has 2 radical (unpaired) electrons. The fraction of sp³-hybridized carbons (Fsp3) is 0.517. The highest BCUT2D eigenvalue weighted by Crippen LogP contribution is 2.50. The van der Waals surface area contributed by atoms with Crippen LogP contribution in [0.25, 0.3) is 34.4 Å². The zero-order chi connectivity index (χ0) is 42.4. The molecule has 0 aromatic heterocycles. The smallest absolute Gasteiger partial charge is 0.0397 e. The molecule has 2 atom stereocenters. The van der Waals surface area contributed by atoms with Crippen molar-refractivity contribution in [1.82, 2.24) is 0 Å². The first-order valence-corrected chi connectivity index (χ1v) is 25.5. The second kappa shape index (κ2) is 20.4. The molecule has 0 saturated carbocycles. The second-order valence-corrected chi connectivity index (χ2v) is 20.8. The van der Waals surface area contributed by atoms with E-state index in [1.54, 1.807) is 33.4 Å². The van der Waals surface area contributed by atoms with Crippen LogP contribution in [0.2, 0.25) is 12.1 Å². The van der Waals surface area contributed by atoms with Crippen LogP contribution in [0.5, 0.6) is 0 Å². The van der Waals surface area contributed by atoms with Gasteiger partial charge in [0.15, 0.2) is 0 Å². The quantitative estimate of drug-likeness (QED) is 0.0781. The van der Waals surface area contributed by atoms with Crippen LogP contribution in [0.4, 0.5) is 0 Å². The van der Waals surface area contributed by atoms with Crippen LogP contribution < -0.4 is 0 Å². The molecule has 0 saturated heterocycles. The number of rotatable bonds is 20. The zero-order valence-corrected chi connectivity index (χ0v) is 40.4. The molecule has 59 heavy (non-hydrogen) atoms. The summed E-state index contributed by atoms with van der Waals surface area (Å²) in [7, 11) is 0.925. The summed E-state index contributed by atoms with van der Waals surface area (Å²) < 4.78 is 0. The lowest BCUT2D eigenvalue weighted by Crippen LogP contribution is -2.09. The predicted octanol–water partition coefficient (Wildman–Crippen LogP) is 18.0. The highest BCUT2D eigenvalue weighted by molar-refractivity contribution is 6.36. The van der Waals surface area contributed by atoms with Gasteiger partial charge in [-0.25, -0.2) is 0 Å². The first-order chi connectivity index (χ1) is 28.4. The van der Waals surface area contributed by atoms with E-state index in [0.29, 0.717) is 35.5 Å². The Morgan fingerprint density at radius 3 is 1.10 bits per heavy atom. The average molecular weight is 803 g/mol. The number of unbranched alkanes of at least 4 members (excludes halogenated alkanes) is 2. The fourth-order valence-corrected chi connectivity index (χ4v) is 11.7. The van der Waals surface area contributed by atoms with Gasteiger partial charge in [-0.3, -0.25) is 0 Å². The van der Waals surface area contributed by atoms with Crippen LogP contribution in [0.1, 0.15) is 226 Å². The molecule has 4 aromatic carbocycles. The Balaban J connectivity index is 1.38. The topological polar surface area (TPSA) is 0 Å². The van der Waals surface area contributed by atoms with Gasteiger partial charge in [0.25, 0.3) is 0 Å². The lowest BCUT2D eigenvalue weighted by atomic mass is 9.85. The van der Waals surface area contributed by atoms with Gasteiger partial charge < -0.3 is 0 Å². The van der Waals surface area contributed by atoms with Crippen molar-refractivity contribution in [3.05, 3.63) is 127 Å². The molecule has 0 nitrogen and oxygen atoms in total. The highest BCUT2D eigenvalue weighted by atomic mass is 28.2. The third kappa shape index (κ3) is 10.0. The van der Waals surface area contributed by atoms with Crippen LogP contribution >= 0.6 is 0 Å². The molecule has 1 heteroatoms. The SMILES string of the molecule is CCCCC1=Cc2c(ccc(CCC)c2-c2cc(C(C)C)cc(C(C)C)c2)C1C[Si]CC1C(CCCC)=Cc2c1ccc(CCC)c2-c1cc(C(C)C)cc(C(C)C)c1. The van der Waals surface area contributed by atoms with Crippen molar-refractivity contribution >= 4 is 21.7 Å². The van der Waals surface area contributed by atoms with E-state index < -0.39 is 0 Å². The van der Waals surface area contributed by atoms with Crippen molar-refractivity contribution < 1.29 is 0 Å². The van der Waals surface area contributed by atoms with E-state index >= 15 is 0 Å². The summed E-state index contributed by atoms with van der Waals surface area (Å²) in [5, 5.41) is 0. The average Bonchev–Trinajstić information content (AvgIpc) is 3.75. The molecule has 2 unspecified atom stereocenters. The van der Waals surface area contributed by atoms with E-state index in [4.69, 9.17) is 0 Å². The van der Waals surface area contributed by atoms with E-state index in [9.17, 15) is 0 Å². The fourth-order valence-electron chi connectivity index (χ4n) is 9.97. The maximum Gasteiger partial charge on any atom is 0.0397 e. The predicted molar refractivity (Wildman–Crippen MR) is 264 cm³/mol. The van der Waals surface area contributed by atoms with Gasteiger partial charge >= 0.3 is 0 Å². The number of benzene rings is 4. The molecule has 0 aliphatic heterocycles. The Labute approximate surface area is 364 Å². The van der Waals surface area contributed by atoms with Crippen LogP contribution in [0, 0.1) is 0 Å². The Bertz CT molecular complexity index is 1910. The minimum atomic E-state index is 0.512. The molecule has 2 aliphatic rings. The molecule has 0 fully saturated rings. The molecule has 0 amide bonds. The molecule has 314 valence electrons. The largest absolute Gasteiger partial charge is 0.0654 e. The standard InChI is InChI=1S/C58H78Si/c1-13-17-21-43-33-53-51(25-23-41(19-15-3)57(53)49-29-45(37(5)6)27-46(30-49)38(7)8)55(43)35-59-36-56-44(22-18-14-2)34-54-52(56)26-24-42(20-16-4)58(54)50-31-47(39(9)10)28-48(32-50)40(11)12/h23-34,37-40,55-56H,13-22,35-36H2,1-12H3. The lowest BCUT2D eigenvalue weighted by molar-refractivity contribution is 0.730. The Hall–Kier alpha value is -3.42. The summed E-state index contributed by atoms with van der Waals surface area (Å²) in [6, 6.07) is 27.8. The molecule has 2 aliphatic carbocycles. The summed E-state index contributed by atoms with van der Waals surface area (Å²) >= 11 is 0. The molecule has 0 spiro atoms. The number of fused-ring (bicyclic) bond motifs is 2. The third-order valence-electron chi connectivity index (χ3n) is 13.6. The van der Waals surface area contributed by atoms with Crippen molar-refractivity contribution in [1.29, 1.82) is 0 Å². The van der Waals surface area contributed by atoms with Gasteiger partial charge in [0.2, 0.25) is 0 Å². The molecule has 6 rings (SSSR count). The normalized spacial score (nSPS) is 16.1. The van der Waals surface area contributed by atoms with E-state index in [1.807, 2.05) is 0 Å². The summed E-state index contributed by atoms with van der Waals surface area (Å²) in [5.74, 6) is 3.11. The van der Waals surface area contributed by atoms with Crippen molar-refractivity contribution in [2.75, 3.05) is 0 Å². The van der Waals surface area contributed by atoms with Crippen LogP contribution in [-0.2, 0) is 12.8 Å². The Kier molecular flexibility index (Phi) is 15.6. The van der Waals surface area contributed by atoms with E-state index in [2.05, 4.69) is 156 Å². The summed E-state index contributed by atoms with van der Waals surface area (Å²) in [6.45, 7) is 28.3. The lowest BCUT2D eigenvalue weighted by Gasteiger charge is -2.23. The summed E-state index contributed by atoms with van der Waals surface area (Å²) in [6.07, 6.45) is 17.4. The number of aryl methyl sites for hydroxylation is 2. The molecular formula is C58H78Si. The second-order valence-electron chi connectivity index (χ2n) is 19.5. The molecule has 0 N–H and O–H groups in total. The first-order valence-electron chi connectivity index (χ1n) is 24.1. The van der Waals surface area contributed by atoms with Crippen molar-refractivity contribution in [3.63, 3.8) is 0 Å². The summed E-state index contributed by atoms with van der Waals surface area (Å²) in [4.78, 5) is 0. The molecule has 4 aromatic rings. The van der Waals surface area contributed by atoms with Crippen LogP contribution in [0.3, 0.4) is 0 Å². The maximum atomic E-state index is 2.68. The number of hydrogen-bond acceptors (Lipinski definition) is 0. The van der Waals surface area contributed by atoms with E-state index in [0.717, 1.165) is 22.4 Å².